The van der Waals surface area contributed by atoms with Crippen molar-refractivity contribution in [2.75, 3.05) is 0 Å². The van der Waals surface area contributed by atoms with E-state index < -0.39 is 10.2 Å². The van der Waals surface area contributed by atoms with E-state index in [1.165, 1.54) is 19.1 Å². The van der Waals surface area contributed by atoms with Crippen LogP contribution in [-0.2, 0) is 10.2 Å². The lowest BCUT2D eigenvalue weighted by Gasteiger charge is -2.03. The largest absolute Gasteiger partial charge is 0.332 e. The van der Waals surface area contributed by atoms with Crippen molar-refractivity contribution >= 4 is 21.8 Å². The van der Waals surface area contributed by atoms with Crippen LogP contribution in [0.2, 0.25) is 5.02 Å². The van der Waals surface area contributed by atoms with Gasteiger partial charge in [-0.25, -0.2) is 0 Å². The van der Waals surface area contributed by atoms with Gasteiger partial charge in [-0.05, 0) is 37.1 Å². The van der Waals surface area contributed by atoms with Crippen molar-refractivity contribution in [3.05, 3.63) is 28.3 Å². The Kier molecular flexibility index (Phi) is 2.63. The average Bonchev–Trinajstić information content (AvgIpc) is 1.94. The molecule has 0 aliphatic heterocycles. The summed E-state index contributed by atoms with van der Waals surface area (Å²) >= 11 is 5.72. The van der Waals surface area contributed by atoms with E-state index in [1.54, 1.807) is 6.92 Å². The molecule has 0 saturated heterocycles. The fourth-order valence-corrected chi connectivity index (χ4v) is 2.00. The van der Waals surface area contributed by atoms with Gasteiger partial charge in [-0.1, -0.05) is 11.6 Å². The molecule has 0 aliphatic carbocycles. The van der Waals surface area contributed by atoms with E-state index in [-0.39, 0.29) is 4.90 Å². The Morgan fingerprint density at radius 1 is 1.23 bits per heavy atom. The van der Waals surface area contributed by atoms with Crippen molar-refractivity contribution in [3.8, 4) is 0 Å². The van der Waals surface area contributed by atoms with E-state index in [2.05, 4.69) is 0 Å². The number of halogens is 2. The lowest BCUT2D eigenvalue weighted by Crippen LogP contribution is -1.96. The number of benzene rings is 1. The topological polar surface area (TPSA) is 34.1 Å². The monoisotopic (exact) mass is 222 g/mol. The first-order valence-corrected chi connectivity index (χ1v) is 5.30. The second kappa shape index (κ2) is 3.27. The first kappa shape index (κ1) is 10.5. The molecule has 0 heterocycles. The van der Waals surface area contributed by atoms with Crippen LogP contribution in [0.4, 0.5) is 3.89 Å². The van der Waals surface area contributed by atoms with Gasteiger partial charge in [-0.3, -0.25) is 0 Å². The molecule has 0 fully saturated rings. The molecule has 1 aromatic carbocycles. The molecular weight excluding hydrogens is 215 g/mol. The summed E-state index contributed by atoms with van der Waals surface area (Å²) < 4.78 is 33.8. The summed E-state index contributed by atoms with van der Waals surface area (Å²) in [5, 5.41) is 0.435. The summed E-state index contributed by atoms with van der Waals surface area (Å²) in [6, 6.07) is 2.66. The Hall–Kier alpha value is -0.610. The standard InChI is InChI=1S/C8H8ClFO2S/c1-5-4-8(13(10,11)12)6(2)3-7(5)9/h3-4H,1-2H3. The van der Waals surface area contributed by atoms with Gasteiger partial charge in [-0.15, -0.1) is 3.89 Å². The molecule has 0 bridgehead atoms. The SMILES string of the molecule is Cc1cc(S(=O)(=O)F)c(C)cc1Cl. The lowest BCUT2D eigenvalue weighted by molar-refractivity contribution is 0.551. The van der Waals surface area contributed by atoms with Crippen LogP contribution in [0.1, 0.15) is 11.1 Å². The molecule has 1 rings (SSSR count). The van der Waals surface area contributed by atoms with Gasteiger partial charge in [0.15, 0.2) is 0 Å². The molecule has 1 aromatic rings. The zero-order valence-electron chi connectivity index (χ0n) is 7.14. The van der Waals surface area contributed by atoms with Gasteiger partial charge in [0.1, 0.15) is 4.90 Å². The Morgan fingerprint density at radius 3 is 2.23 bits per heavy atom. The van der Waals surface area contributed by atoms with Crippen LogP contribution >= 0.6 is 11.6 Å². The highest BCUT2D eigenvalue weighted by atomic mass is 35.5. The van der Waals surface area contributed by atoms with Crippen LogP contribution in [0, 0.1) is 13.8 Å². The molecule has 0 aliphatic rings. The predicted octanol–water partition coefficient (Wildman–Crippen LogP) is 2.62. The van der Waals surface area contributed by atoms with Gasteiger partial charge in [0.2, 0.25) is 0 Å². The maximum absolute atomic E-state index is 12.6. The summed E-state index contributed by atoms with van der Waals surface area (Å²) in [4.78, 5) is -0.311. The Balaban J connectivity index is 3.50. The van der Waals surface area contributed by atoms with Crippen LogP contribution in [-0.4, -0.2) is 8.42 Å². The molecule has 0 radical (unpaired) electrons. The van der Waals surface area contributed by atoms with Gasteiger partial charge in [-0.2, -0.15) is 8.42 Å². The zero-order valence-corrected chi connectivity index (χ0v) is 8.71. The minimum absolute atomic E-state index is 0.311. The van der Waals surface area contributed by atoms with Gasteiger partial charge in [0, 0.05) is 5.02 Å². The third kappa shape index (κ3) is 2.19. The van der Waals surface area contributed by atoms with Crippen LogP contribution in [0.5, 0.6) is 0 Å². The van der Waals surface area contributed by atoms with Crippen molar-refractivity contribution in [1.82, 2.24) is 0 Å². The number of rotatable bonds is 1. The summed E-state index contributed by atoms with van der Waals surface area (Å²) in [6.45, 7) is 3.12. The quantitative estimate of drug-likeness (QED) is 0.685. The van der Waals surface area contributed by atoms with Crippen molar-refractivity contribution in [2.45, 2.75) is 18.7 Å². The lowest BCUT2D eigenvalue weighted by atomic mass is 10.2. The van der Waals surface area contributed by atoms with E-state index in [0.29, 0.717) is 16.1 Å². The summed E-state index contributed by atoms with van der Waals surface area (Å²) in [5.41, 5.74) is 0.863. The van der Waals surface area contributed by atoms with Crippen molar-refractivity contribution in [3.63, 3.8) is 0 Å². The van der Waals surface area contributed by atoms with Gasteiger partial charge >= 0.3 is 10.2 Å². The number of hydrogen-bond acceptors (Lipinski definition) is 2. The van der Waals surface area contributed by atoms with E-state index in [9.17, 15) is 12.3 Å². The molecule has 13 heavy (non-hydrogen) atoms. The molecule has 2 nitrogen and oxygen atoms in total. The third-order valence-corrected chi connectivity index (χ3v) is 3.09. The van der Waals surface area contributed by atoms with Crippen LogP contribution < -0.4 is 0 Å². The van der Waals surface area contributed by atoms with Crippen molar-refractivity contribution in [1.29, 1.82) is 0 Å². The summed E-state index contributed by atoms with van der Waals surface area (Å²) in [6.07, 6.45) is 0. The summed E-state index contributed by atoms with van der Waals surface area (Å²) in [7, 11) is -4.63. The predicted molar refractivity (Wildman–Crippen MR) is 49.2 cm³/mol. The van der Waals surface area contributed by atoms with E-state index in [0.717, 1.165) is 0 Å². The molecule has 0 aromatic heterocycles. The molecule has 0 amide bonds. The second-order valence-corrected chi connectivity index (χ2v) is 4.53. The average molecular weight is 223 g/mol. The highest BCUT2D eigenvalue weighted by Crippen LogP contribution is 2.24. The minimum Gasteiger partial charge on any atom is -0.189 e. The van der Waals surface area contributed by atoms with Crippen LogP contribution in [0.3, 0.4) is 0 Å². The smallest absolute Gasteiger partial charge is 0.189 e. The highest BCUT2D eigenvalue weighted by Gasteiger charge is 2.16. The van der Waals surface area contributed by atoms with Crippen LogP contribution in [0.15, 0.2) is 17.0 Å². The first-order valence-electron chi connectivity index (χ1n) is 3.54. The molecular formula is C8H8ClFO2S. The Labute approximate surface area is 81.6 Å². The molecule has 72 valence electrons. The first-order chi connectivity index (χ1) is 5.82. The van der Waals surface area contributed by atoms with Gasteiger partial charge < -0.3 is 0 Å². The molecule has 5 heteroatoms. The van der Waals surface area contributed by atoms with Gasteiger partial charge in [0.25, 0.3) is 0 Å². The molecule has 0 saturated carbocycles. The van der Waals surface area contributed by atoms with Crippen molar-refractivity contribution < 1.29 is 12.3 Å². The number of hydrogen-bond donors (Lipinski definition) is 0. The van der Waals surface area contributed by atoms with Crippen molar-refractivity contribution in [2.24, 2.45) is 0 Å². The zero-order chi connectivity index (χ0) is 10.2. The molecule has 0 atom stereocenters. The van der Waals surface area contributed by atoms with E-state index >= 15 is 0 Å². The van der Waals surface area contributed by atoms with Crippen LogP contribution in [0.25, 0.3) is 0 Å². The Bertz CT molecular complexity index is 440. The fourth-order valence-electron chi connectivity index (χ4n) is 1.02. The van der Waals surface area contributed by atoms with E-state index in [1.807, 2.05) is 0 Å². The molecule has 0 N–H and O–H groups in total. The maximum atomic E-state index is 12.6. The summed E-state index contributed by atoms with van der Waals surface area (Å²) in [5.74, 6) is 0. The van der Waals surface area contributed by atoms with Gasteiger partial charge in [0.05, 0.1) is 0 Å². The van der Waals surface area contributed by atoms with E-state index in [4.69, 9.17) is 11.6 Å². The second-order valence-electron chi connectivity index (χ2n) is 2.80. The number of aryl methyl sites for hydroxylation is 2. The fraction of sp³-hybridized carbons (Fsp3) is 0.250. The molecule has 0 unspecified atom stereocenters. The third-order valence-electron chi connectivity index (χ3n) is 1.72. The minimum atomic E-state index is -4.63. The highest BCUT2D eigenvalue weighted by molar-refractivity contribution is 7.86. The Morgan fingerprint density at radius 2 is 1.77 bits per heavy atom. The molecule has 0 spiro atoms. The maximum Gasteiger partial charge on any atom is 0.332 e. The normalized spacial score (nSPS) is 11.7.